The van der Waals surface area contributed by atoms with E-state index in [1.165, 1.54) is 26.4 Å². The maximum Gasteiger partial charge on any atom is 0.291 e. The highest BCUT2D eigenvalue weighted by atomic mass is 35.5. The first-order valence-corrected chi connectivity index (χ1v) is 8.30. The number of nitrogens with two attached hydrogens (primary N) is 1. The summed E-state index contributed by atoms with van der Waals surface area (Å²) in [5.74, 6) is -0.536. The number of anilines is 1. The summed E-state index contributed by atoms with van der Waals surface area (Å²) < 4.78 is 16.0. The number of ether oxygens (including phenoxy) is 2. The molecule has 0 aliphatic rings. The van der Waals surface area contributed by atoms with E-state index in [-0.39, 0.29) is 17.0 Å². The van der Waals surface area contributed by atoms with E-state index >= 15 is 0 Å². The average molecular weight is 389 g/mol. The zero-order valence-corrected chi connectivity index (χ0v) is 15.6. The number of benzene rings is 2. The molecular weight excluding hydrogens is 372 g/mol. The van der Waals surface area contributed by atoms with E-state index < -0.39 is 11.8 Å². The minimum absolute atomic E-state index is 0.0767. The Morgan fingerprint density at radius 1 is 1.15 bits per heavy atom. The minimum atomic E-state index is -0.726. The average Bonchev–Trinajstić information content (AvgIpc) is 2.99. The summed E-state index contributed by atoms with van der Waals surface area (Å²) in [6.07, 6.45) is 0. The predicted molar refractivity (Wildman–Crippen MR) is 102 cm³/mol. The number of aryl methyl sites for hydroxylation is 1. The number of primary amides is 1. The smallest absolute Gasteiger partial charge is 0.291 e. The summed E-state index contributed by atoms with van der Waals surface area (Å²) >= 11 is 6.13. The second-order valence-electron chi connectivity index (χ2n) is 5.74. The number of fused-ring (bicyclic) bond motifs is 1. The van der Waals surface area contributed by atoms with Gasteiger partial charge in [0, 0.05) is 17.0 Å². The van der Waals surface area contributed by atoms with Gasteiger partial charge in [0.2, 0.25) is 0 Å². The van der Waals surface area contributed by atoms with Crippen LogP contribution in [0.5, 0.6) is 11.5 Å². The lowest BCUT2D eigenvalue weighted by Gasteiger charge is -2.13. The first kappa shape index (κ1) is 18.6. The number of hydrogen-bond donors (Lipinski definition) is 2. The van der Waals surface area contributed by atoms with Crippen molar-refractivity contribution in [3.8, 4) is 11.5 Å². The Morgan fingerprint density at radius 2 is 1.81 bits per heavy atom. The van der Waals surface area contributed by atoms with Crippen LogP contribution in [0.15, 0.2) is 34.7 Å². The number of para-hydroxylation sites is 1. The van der Waals surface area contributed by atoms with Gasteiger partial charge in [-0.05, 0) is 19.1 Å². The third-order valence-electron chi connectivity index (χ3n) is 4.16. The summed E-state index contributed by atoms with van der Waals surface area (Å²) in [4.78, 5) is 24.6. The molecule has 140 valence electrons. The van der Waals surface area contributed by atoms with Crippen molar-refractivity contribution in [2.45, 2.75) is 6.92 Å². The van der Waals surface area contributed by atoms with Crippen LogP contribution in [-0.4, -0.2) is 26.0 Å². The minimum Gasteiger partial charge on any atom is -0.493 e. The molecule has 7 nitrogen and oxygen atoms in total. The quantitative estimate of drug-likeness (QED) is 0.692. The molecule has 0 saturated carbocycles. The Morgan fingerprint density at radius 3 is 2.41 bits per heavy atom. The zero-order chi connectivity index (χ0) is 19.7. The Balaban J connectivity index is 2.05. The van der Waals surface area contributed by atoms with Gasteiger partial charge in [-0.2, -0.15) is 0 Å². The molecule has 0 atom stereocenters. The van der Waals surface area contributed by atoms with Crippen LogP contribution < -0.4 is 20.5 Å². The van der Waals surface area contributed by atoms with Gasteiger partial charge in [0.15, 0.2) is 22.8 Å². The normalized spacial score (nSPS) is 10.7. The van der Waals surface area contributed by atoms with E-state index in [9.17, 15) is 9.59 Å². The fourth-order valence-electron chi connectivity index (χ4n) is 2.79. The van der Waals surface area contributed by atoms with Gasteiger partial charge in [-0.15, -0.1) is 0 Å². The highest BCUT2D eigenvalue weighted by Crippen LogP contribution is 2.35. The van der Waals surface area contributed by atoms with Crippen LogP contribution in [0.2, 0.25) is 5.02 Å². The third-order valence-corrected chi connectivity index (χ3v) is 4.46. The highest BCUT2D eigenvalue weighted by molar-refractivity contribution is 6.35. The van der Waals surface area contributed by atoms with Crippen molar-refractivity contribution in [1.29, 1.82) is 0 Å². The maximum absolute atomic E-state index is 12.8. The topological polar surface area (TPSA) is 104 Å². The first-order valence-electron chi connectivity index (χ1n) is 7.92. The van der Waals surface area contributed by atoms with Crippen molar-refractivity contribution in [3.63, 3.8) is 0 Å². The SMILES string of the molecule is COc1cc(NC(=O)c2oc3c(Cl)cccc3c2C)c(C(N)=O)cc1OC. The molecule has 1 heterocycles. The Labute approximate surface area is 160 Å². The molecule has 0 saturated heterocycles. The van der Waals surface area contributed by atoms with Crippen LogP contribution in [-0.2, 0) is 0 Å². The number of hydrogen-bond acceptors (Lipinski definition) is 5. The monoisotopic (exact) mass is 388 g/mol. The van der Waals surface area contributed by atoms with E-state index in [2.05, 4.69) is 5.32 Å². The fraction of sp³-hybridized carbons (Fsp3) is 0.158. The van der Waals surface area contributed by atoms with Crippen LogP contribution in [0.1, 0.15) is 26.5 Å². The van der Waals surface area contributed by atoms with E-state index in [1.807, 2.05) is 6.07 Å². The second-order valence-corrected chi connectivity index (χ2v) is 6.15. The van der Waals surface area contributed by atoms with E-state index in [0.717, 1.165) is 5.39 Å². The lowest BCUT2D eigenvalue weighted by atomic mass is 10.1. The van der Waals surface area contributed by atoms with Crippen LogP contribution in [0.3, 0.4) is 0 Å². The second kappa shape index (κ2) is 7.20. The molecule has 2 amide bonds. The third kappa shape index (κ3) is 3.29. The maximum atomic E-state index is 12.8. The van der Waals surface area contributed by atoms with Crippen LogP contribution in [0.4, 0.5) is 5.69 Å². The number of nitrogens with one attached hydrogen (secondary N) is 1. The number of furan rings is 1. The van der Waals surface area contributed by atoms with Gasteiger partial charge in [0.05, 0.1) is 30.5 Å². The number of amides is 2. The Hall–Kier alpha value is -3.19. The molecule has 0 fully saturated rings. The van der Waals surface area contributed by atoms with E-state index in [0.29, 0.717) is 27.7 Å². The molecular formula is C19H17ClN2O5. The molecule has 2 aromatic carbocycles. The Kier molecular flexibility index (Phi) is 4.96. The van der Waals surface area contributed by atoms with Crippen molar-refractivity contribution in [2.75, 3.05) is 19.5 Å². The number of halogens is 1. The summed E-state index contributed by atoms with van der Waals surface area (Å²) in [6.45, 7) is 1.75. The summed E-state index contributed by atoms with van der Waals surface area (Å²) in [5, 5.41) is 3.78. The summed E-state index contributed by atoms with van der Waals surface area (Å²) in [7, 11) is 2.88. The lowest BCUT2D eigenvalue weighted by molar-refractivity contribution is 0.0998. The zero-order valence-electron chi connectivity index (χ0n) is 14.9. The largest absolute Gasteiger partial charge is 0.493 e. The van der Waals surface area contributed by atoms with Gasteiger partial charge in [-0.25, -0.2) is 0 Å². The lowest BCUT2D eigenvalue weighted by Crippen LogP contribution is -2.19. The predicted octanol–water partition coefficient (Wildman–Crippen LogP) is 3.76. The van der Waals surface area contributed by atoms with Crippen molar-refractivity contribution in [1.82, 2.24) is 0 Å². The number of rotatable bonds is 5. The molecule has 1 aromatic heterocycles. The highest BCUT2D eigenvalue weighted by Gasteiger charge is 2.22. The molecule has 3 aromatic rings. The first-order chi connectivity index (χ1) is 12.9. The summed E-state index contributed by atoms with van der Waals surface area (Å²) in [6, 6.07) is 8.12. The fourth-order valence-corrected chi connectivity index (χ4v) is 3.00. The van der Waals surface area contributed by atoms with Gasteiger partial charge in [0.25, 0.3) is 11.8 Å². The molecule has 0 aliphatic carbocycles. The van der Waals surface area contributed by atoms with Crippen LogP contribution >= 0.6 is 11.6 Å². The molecule has 0 bridgehead atoms. The summed E-state index contributed by atoms with van der Waals surface area (Å²) in [5.41, 5.74) is 6.73. The van der Waals surface area contributed by atoms with Gasteiger partial charge in [-0.1, -0.05) is 23.7 Å². The molecule has 3 N–H and O–H groups in total. The molecule has 3 rings (SSSR count). The van der Waals surface area contributed by atoms with Gasteiger partial charge in [0.1, 0.15) is 0 Å². The number of carbonyl (C=O) groups is 2. The standard InChI is InChI=1S/C19H17ClN2O5/c1-9-10-5-4-6-12(20)17(10)27-16(9)19(24)22-13-8-15(26-3)14(25-2)7-11(13)18(21)23/h4-8H,1-3H3,(H2,21,23)(H,22,24). The molecule has 8 heteroatoms. The number of methoxy groups -OCH3 is 2. The van der Waals surface area contributed by atoms with Crippen molar-refractivity contribution in [3.05, 3.63) is 52.2 Å². The van der Waals surface area contributed by atoms with Gasteiger partial charge in [-0.3, -0.25) is 9.59 Å². The molecule has 0 aliphatic heterocycles. The Bertz CT molecular complexity index is 1060. The molecule has 0 radical (unpaired) electrons. The molecule has 0 unspecified atom stereocenters. The van der Waals surface area contributed by atoms with Crippen molar-refractivity contribution in [2.24, 2.45) is 5.73 Å². The number of carbonyl (C=O) groups excluding carboxylic acids is 2. The van der Waals surface area contributed by atoms with Gasteiger partial charge < -0.3 is 24.9 Å². The van der Waals surface area contributed by atoms with Crippen molar-refractivity contribution >= 4 is 40.1 Å². The van der Waals surface area contributed by atoms with Crippen molar-refractivity contribution < 1.29 is 23.5 Å². The molecule has 27 heavy (non-hydrogen) atoms. The molecule has 0 spiro atoms. The van der Waals surface area contributed by atoms with E-state index in [1.54, 1.807) is 19.1 Å². The van der Waals surface area contributed by atoms with E-state index in [4.69, 9.17) is 31.2 Å². The van der Waals surface area contributed by atoms with Crippen LogP contribution in [0.25, 0.3) is 11.0 Å². The van der Waals surface area contributed by atoms with Crippen LogP contribution in [0, 0.1) is 6.92 Å². The van der Waals surface area contributed by atoms with Gasteiger partial charge >= 0.3 is 0 Å².